The molecule has 158 valence electrons. The van der Waals surface area contributed by atoms with Gasteiger partial charge < -0.3 is 14.6 Å². The van der Waals surface area contributed by atoms with Crippen LogP contribution in [-0.2, 0) is 16.1 Å². The van der Waals surface area contributed by atoms with Crippen molar-refractivity contribution in [3.05, 3.63) is 47.2 Å². The maximum Gasteiger partial charge on any atom is 0.327 e. The minimum absolute atomic E-state index is 0.170. The summed E-state index contributed by atoms with van der Waals surface area (Å²) in [5.74, 6) is 0.588. The number of amides is 4. The molecule has 1 saturated heterocycles. The van der Waals surface area contributed by atoms with Gasteiger partial charge in [0.2, 0.25) is 5.91 Å². The topological polar surface area (TPSA) is 82.9 Å². The maximum atomic E-state index is 13.0. The largest absolute Gasteiger partial charge is 0.459 e. The monoisotopic (exact) mass is 429 g/mol. The average Bonchev–Trinajstić information content (AvgIpc) is 3.29. The predicted octanol–water partition coefficient (Wildman–Crippen LogP) is 3.81. The number of urea groups is 1. The van der Waals surface area contributed by atoms with Gasteiger partial charge in [0.1, 0.15) is 23.6 Å². The van der Waals surface area contributed by atoms with Crippen LogP contribution in [0.5, 0.6) is 0 Å². The molecule has 2 aromatic rings. The summed E-state index contributed by atoms with van der Waals surface area (Å²) in [5, 5.41) is 3.37. The quantitative estimate of drug-likeness (QED) is 0.732. The van der Waals surface area contributed by atoms with E-state index in [1.807, 2.05) is 18.2 Å². The van der Waals surface area contributed by atoms with Gasteiger partial charge in [-0.15, -0.1) is 0 Å². The molecular formula is C22H24ClN3O4. The van der Waals surface area contributed by atoms with Crippen molar-refractivity contribution in [2.24, 2.45) is 0 Å². The molecule has 30 heavy (non-hydrogen) atoms. The second kappa shape index (κ2) is 8.14. The maximum absolute atomic E-state index is 13.0. The van der Waals surface area contributed by atoms with Crippen molar-refractivity contribution in [1.29, 1.82) is 0 Å². The van der Waals surface area contributed by atoms with E-state index in [9.17, 15) is 14.4 Å². The number of carbonyl (C=O) groups excluding carboxylic acids is 3. The molecule has 1 aromatic heterocycles. The molecule has 2 aliphatic rings. The molecule has 1 saturated carbocycles. The van der Waals surface area contributed by atoms with Crippen LogP contribution in [0.2, 0.25) is 5.02 Å². The zero-order valence-electron chi connectivity index (χ0n) is 16.8. The average molecular weight is 430 g/mol. The number of imide groups is 1. The van der Waals surface area contributed by atoms with E-state index in [0.717, 1.165) is 29.7 Å². The molecule has 0 unspecified atom stereocenters. The molecule has 1 aliphatic heterocycles. The van der Waals surface area contributed by atoms with Crippen molar-refractivity contribution in [3.63, 3.8) is 0 Å². The summed E-state index contributed by atoms with van der Waals surface area (Å²) in [6.07, 6.45) is 4.21. The van der Waals surface area contributed by atoms with Crippen molar-refractivity contribution in [3.8, 4) is 11.3 Å². The first-order valence-electron chi connectivity index (χ1n) is 10.1. The van der Waals surface area contributed by atoms with Crippen LogP contribution in [0.4, 0.5) is 4.79 Å². The van der Waals surface area contributed by atoms with Crippen LogP contribution in [0.25, 0.3) is 11.3 Å². The number of hydrogen-bond donors (Lipinski definition) is 1. The molecule has 1 spiro atoms. The zero-order valence-corrected chi connectivity index (χ0v) is 17.6. The van der Waals surface area contributed by atoms with Gasteiger partial charge in [-0.1, -0.05) is 30.9 Å². The standard InChI is InChI=1S/C22H24ClN3O4/c1-25-21(29)26(20(28)22(25)11-3-2-4-12-22)14-19(27)24-13-17-9-10-18(30-17)15-5-7-16(23)8-6-15/h5-10H,2-4,11-14H2,1H3,(H,24,27). The van der Waals surface area contributed by atoms with Gasteiger partial charge in [-0.05, 0) is 49.2 Å². The molecule has 2 heterocycles. The van der Waals surface area contributed by atoms with E-state index in [4.69, 9.17) is 16.0 Å². The van der Waals surface area contributed by atoms with E-state index in [2.05, 4.69) is 5.32 Å². The molecule has 0 atom stereocenters. The lowest BCUT2D eigenvalue weighted by Crippen LogP contribution is -2.49. The number of nitrogens with one attached hydrogen (secondary N) is 1. The fourth-order valence-corrected chi connectivity index (χ4v) is 4.42. The molecule has 4 rings (SSSR count). The Morgan fingerprint density at radius 2 is 1.80 bits per heavy atom. The van der Waals surface area contributed by atoms with Crippen LogP contribution in [-0.4, -0.2) is 46.8 Å². The third-order valence-electron chi connectivity index (χ3n) is 6.04. The predicted molar refractivity (Wildman–Crippen MR) is 112 cm³/mol. The SMILES string of the molecule is CN1C(=O)N(CC(=O)NCc2ccc(-c3ccc(Cl)cc3)o2)C(=O)C12CCCCC2. The Morgan fingerprint density at radius 1 is 1.10 bits per heavy atom. The van der Waals surface area contributed by atoms with E-state index >= 15 is 0 Å². The number of nitrogens with zero attached hydrogens (tertiary/aromatic N) is 2. The molecule has 2 fully saturated rings. The number of likely N-dealkylation sites (N-methyl/N-ethyl adjacent to an activating group) is 1. The zero-order chi connectivity index (χ0) is 21.3. The number of furan rings is 1. The molecule has 1 aliphatic carbocycles. The molecule has 4 amide bonds. The Balaban J connectivity index is 1.36. The third-order valence-corrected chi connectivity index (χ3v) is 6.29. The highest BCUT2D eigenvalue weighted by atomic mass is 35.5. The van der Waals surface area contributed by atoms with Crippen LogP contribution in [0, 0.1) is 0 Å². The van der Waals surface area contributed by atoms with Crippen LogP contribution < -0.4 is 5.32 Å². The Kier molecular flexibility index (Phi) is 5.56. The summed E-state index contributed by atoms with van der Waals surface area (Å²) in [6, 6.07) is 10.5. The van der Waals surface area contributed by atoms with Crippen LogP contribution >= 0.6 is 11.6 Å². The second-order valence-electron chi connectivity index (χ2n) is 7.87. The lowest BCUT2D eigenvalue weighted by molar-refractivity contribution is -0.137. The number of halogens is 1. The van der Waals surface area contributed by atoms with E-state index < -0.39 is 17.5 Å². The Bertz CT molecular complexity index is 963. The van der Waals surface area contributed by atoms with Gasteiger partial charge in [0, 0.05) is 17.6 Å². The highest BCUT2D eigenvalue weighted by Gasteiger charge is 2.55. The van der Waals surface area contributed by atoms with Gasteiger partial charge in [-0.2, -0.15) is 0 Å². The fraction of sp³-hybridized carbons (Fsp3) is 0.409. The number of rotatable bonds is 5. The highest BCUT2D eigenvalue weighted by Crippen LogP contribution is 2.39. The van der Waals surface area contributed by atoms with Crippen molar-refractivity contribution in [1.82, 2.24) is 15.1 Å². The molecular weight excluding hydrogens is 406 g/mol. The van der Waals surface area contributed by atoms with Crippen LogP contribution in [0.3, 0.4) is 0 Å². The minimum atomic E-state index is -0.774. The fourth-order valence-electron chi connectivity index (χ4n) is 4.30. The summed E-state index contributed by atoms with van der Waals surface area (Å²) in [7, 11) is 1.66. The van der Waals surface area contributed by atoms with E-state index in [1.165, 1.54) is 4.90 Å². The Morgan fingerprint density at radius 3 is 2.50 bits per heavy atom. The first kappa shape index (κ1) is 20.5. The molecule has 8 heteroatoms. The number of benzene rings is 1. The highest BCUT2D eigenvalue weighted by molar-refractivity contribution is 6.30. The van der Waals surface area contributed by atoms with E-state index in [1.54, 1.807) is 25.2 Å². The summed E-state index contributed by atoms with van der Waals surface area (Å²) in [4.78, 5) is 40.6. The van der Waals surface area contributed by atoms with Crippen LogP contribution in [0.1, 0.15) is 37.9 Å². The van der Waals surface area contributed by atoms with Gasteiger partial charge in [0.15, 0.2) is 0 Å². The van der Waals surface area contributed by atoms with Crippen molar-refractivity contribution >= 4 is 29.4 Å². The van der Waals surface area contributed by atoms with Gasteiger partial charge in [0.05, 0.1) is 6.54 Å². The van der Waals surface area contributed by atoms with Gasteiger partial charge in [-0.3, -0.25) is 14.5 Å². The first-order chi connectivity index (χ1) is 14.4. The summed E-state index contributed by atoms with van der Waals surface area (Å²) in [6.45, 7) is -0.113. The summed E-state index contributed by atoms with van der Waals surface area (Å²) < 4.78 is 5.77. The lowest BCUT2D eigenvalue weighted by atomic mass is 9.81. The first-order valence-corrected chi connectivity index (χ1v) is 10.5. The second-order valence-corrected chi connectivity index (χ2v) is 8.31. The van der Waals surface area contributed by atoms with Crippen molar-refractivity contribution in [2.75, 3.05) is 13.6 Å². The minimum Gasteiger partial charge on any atom is -0.459 e. The number of carbonyl (C=O) groups is 3. The van der Waals surface area contributed by atoms with Crippen molar-refractivity contribution in [2.45, 2.75) is 44.2 Å². The Labute approximate surface area is 180 Å². The molecule has 1 aromatic carbocycles. The molecule has 0 radical (unpaired) electrons. The summed E-state index contributed by atoms with van der Waals surface area (Å²) in [5.41, 5.74) is 0.107. The van der Waals surface area contributed by atoms with E-state index in [-0.39, 0.29) is 19.0 Å². The van der Waals surface area contributed by atoms with Crippen molar-refractivity contribution < 1.29 is 18.8 Å². The Hall–Kier alpha value is -2.80. The van der Waals surface area contributed by atoms with Crippen LogP contribution in [0.15, 0.2) is 40.8 Å². The van der Waals surface area contributed by atoms with E-state index in [0.29, 0.717) is 29.4 Å². The molecule has 7 nitrogen and oxygen atoms in total. The van der Waals surface area contributed by atoms with Gasteiger partial charge >= 0.3 is 6.03 Å². The number of hydrogen-bond acceptors (Lipinski definition) is 4. The normalized spacial score (nSPS) is 18.3. The third kappa shape index (κ3) is 3.69. The van der Waals surface area contributed by atoms with Gasteiger partial charge in [-0.25, -0.2) is 4.79 Å². The molecule has 1 N–H and O–H groups in total. The van der Waals surface area contributed by atoms with Gasteiger partial charge in [0.25, 0.3) is 5.91 Å². The smallest absolute Gasteiger partial charge is 0.327 e. The molecule has 0 bridgehead atoms. The summed E-state index contributed by atoms with van der Waals surface area (Å²) >= 11 is 5.90. The lowest BCUT2D eigenvalue weighted by Gasteiger charge is -2.35.